The molecule has 348 valence electrons. The van der Waals surface area contributed by atoms with Crippen molar-refractivity contribution in [2.45, 2.75) is 246 Å². The molecule has 0 bridgehead atoms. The second-order valence-electron chi connectivity index (χ2n) is 15.7. The molecule has 0 aromatic rings. The zero-order chi connectivity index (χ0) is 45.2. The number of unbranched alkanes of at least 4 members (excludes halogenated alkanes) is 22. The van der Waals surface area contributed by atoms with Crippen LogP contribution in [0.5, 0.6) is 0 Å². The molecule has 0 rings (SSSR count). The molecule has 0 aromatic heterocycles. The maximum Gasteiger partial charge on any atom is 2.00 e. The molecule has 0 saturated heterocycles. The molecule has 0 saturated carbocycles. The Bertz CT molecular complexity index is 1100. The van der Waals surface area contributed by atoms with Gasteiger partial charge in [0, 0.05) is 12.8 Å². The number of carboxylic acids is 2. The number of carbonyl (C=O) groups excluding carboxylic acids is 6. The number of hydrogen-bond donors (Lipinski definition) is 0. The van der Waals surface area contributed by atoms with Gasteiger partial charge in [-0.1, -0.05) is 141 Å². The molecule has 0 N–H and O–H groups in total. The minimum atomic E-state index is -1.49. The van der Waals surface area contributed by atoms with Gasteiger partial charge in [0.15, 0.2) is 12.2 Å². The van der Waals surface area contributed by atoms with Crippen LogP contribution in [-0.2, 0) is 47.7 Å². The van der Waals surface area contributed by atoms with Crippen LogP contribution in [0.1, 0.15) is 221 Å². The molecule has 4 atom stereocenters. The van der Waals surface area contributed by atoms with Crippen molar-refractivity contribution < 1.29 is 57.9 Å². The summed E-state index contributed by atoms with van der Waals surface area (Å²) >= 11 is 0. The van der Waals surface area contributed by atoms with Crippen LogP contribution in [-0.4, -0.2) is 109 Å². The van der Waals surface area contributed by atoms with Crippen molar-refractivity contribution in [3.8, 4) is 0 Å². The first-order chi connectivity index (χ1) is 28.8. The SMILES string of the molecule is CCCCCCCC/C=C/CCCCCCCC(=O)OC(C)C(=O)OC(C)C(=O)[O-].CCCCCCCC/C=C/CCCCCCCC(=O)OC(C)C(=O)OC(C)C(=O)[O-].[Ba+2]. The Morgan fingerprint density at radius 2 is 0.623 bits per heavy atom. The van der Waals surface area contributed by atoms with Gasteiger partial charge in [0.2, 0.25) is 0 Å². The Kier molecular flexibility index (Phi) is 47.5. The molecule has 0 fully saturated rings. The van der Waals surface area contributed by atoms with E-state index in [-0.39, 0.29) is 61.7 Å². The summed E-state index contributed by atoms with van der Waals surface area (Å²) in [6.07, 6.45) is 35.4. The molecule has 0 spiro atoms. The number of esters is 4. The molecule has 0 radical (unpaired) electrons. The molecule has 0 aliphatic heterocycles. The molecule has 0 amide bonds. The van der Waals surface area contributed by atoms with Crippen molar-refractivity contribution in [2.24, 2.45) is 0 Å². The quantitative estimate of drug-likeness (QED) is 0.0188. The average molecular weight is 988 g/mol. The van der Waals surface area contributed by atoms with E-state index in [1.165, 1.54) is 118 Å². The molecule has 0 heterocycles. The Morgan fingerprint density at radius 1 is 0.377 bits per heavy atom. The minimum absolute atomic E-state index is 0. The number of hydrogen-bond acceptors (Lipinski definition) is 12. The first-order valence-corrected chi connectivity index (χ1v) is 23.3. The minimum Gasteiger partial charge on any atom is -0.546 e. The molecule has 0 aliphatic carbocycles. The zero-order valence-electron chi connectivity index (χ0n) is 39.0. The summed E-state index contributed by atoms with van der Waals surface area (Å²) in [7, 11) is 0. The van der Waals surface area contributed by atoms with Crippen molar-refractivity contribution in [1.82, 2.24) is 0 Å². The summed E-state index contributed by atoms with van der Waals surface area (Å²) in [4.78, 5) is 67.8. The second kappa shape index (κ2) is 45.9. The number of carboxylic acid groups (broad SMARTS) is 2. The first-order valence-electron chi connectivity index (χ1n) is 23.3. The predicted octanol–water partition coefficient (Wildman–Crippen LogP) is 8.89. The maximum atomic E-state index is 11.7. The predicted molar refractivity (Wildman–Crippen MR) is 237 cm³/mol. The Morgan fingerprint density at radius 3 is 0.885 bits per heavy atom. The van der Waals surface area contributed by atoms with Crippen LogP contribution in [0.4, 0.5) is 0 Å². The van der Waals surface area contributed by atoms with E-state index in [1.54, 1.807) is 0 Å². The molecule has 0 aromatic carbocycles. The largest absolute Gasteiger partial charge is 2.00 e. The van der Waals surface area contributed by atoms with Gasteiger partial charge >= 0.3 is 72.8 Å². The molecule has 4 unspecified atom stereocenters. The fourth-order valence-electron chi connectivity index (χ4n) is 5.92. The topological polar surface area (TPSA) is 185 Å². The van der Waals surface area contributed by atoms with E-state index in [9.17, 15) is 39.0 Å². The van der Waals surface area contributed by atoms with Gasteiger partial charge in [0.25, 0.3) is 0 Å². The van der Waals surface area contributed by atoms with Gasteiger partial charge in [-0.3, -0.25) is 9.59 Å². The fraction of sp³-hybridized carbons (Fsp3) is 0.792. The summed E-state index contributed by atoms with van der Waals surface area (Å²) in [6, 6.07) is 0. The maximum absolute atomic E-state index is 11.7. The van der Waals surface area contributed by atoms with Crippen LogP contribution in [0.3, 0.4) is 0 Å². The van der Waals surface area contributed by atoms with Gasteiger partial charge < -0.3 is 38.7 Å². The van der Waals surface area contributed by atoms with Crippen molar-refractivity contribution in [2.75, 3.05) is 0 Å². The van der Waals surface area contributed by atoms with Gasteiger partial charge in [-0.05, 0) is 91.9 Å². The van der Waals surface area contributed by atoms with E-state index in [1.807, 2.05) is 0 Å². The number of aliphatic carboxylic acids is 2. The van der Waals surface area contributed by atoms with E-state index in [0.717, 1.165) is 64.2 Å². The summed E-state index contributed by atoms with van der Waals surface area (Å²) < 4.78 is 19.2. The summed E-state index contributed by atoms with van der Waals surface area (Å²) in [5.74, 6) is -5.70. The third kappa shape index (κ3) is 44.3. The van der Waals surface area contributed by atoms with Gasteiger partial charge in [-0.15, -0.1) is 0 Å². The molecule has 61 heavy (non-hydrogen) atoms. The van der Waals surface area contributed by atoms with E-state index >= 15 is 0 Å². The zero-order valence-corrected chi connectivity index (χ0v) is 43.5. The number of carbonyl (C=O) groups is 6. The van der Waals surface area contributed by atoms with Crippen molar-refractivity contribution in [1.29, 1.82) is 0 Å². The number of allylic oxidation sites excluding steroid dienone is 4. The third-order valence-corrected chi connectivity index (χ3v) is 9.82. The van der Waals surface area contributed by atoms with Crippen LogP contribution in [0, 0.1) is 0 Å². The number of ether oxygens (including phenoxy) is 4. The first kappa shape index (κ1) is 63.2. The Hall–Kier alpha value is -2.13. The van der Waals surface area contributed by atoms with E-state index in [4.69, 9.17) is 9.47 Å². The van der Waals surface area contributed by atoms with Gasteiger partial charge in [-0.25, -0.2) is 9.59 Å². The molecule has 0 aliphatic rings. The van der Waals surface area contributed by atoms with Crippen LogP contribution in [0.25, 0.3) is 0 Å². The van der Waals surface area contributed by atoms with E-state index < -0.39 is 60.2 Å². The van der Waals surface area contributed by atoms with Crippen molar-refractivity contribution >= 4 is 84.7 Å². The van der Waals surface area contributed by atoms with E-state index in [2.05, 4.69) is 47.6 Å². The van der Waals surface area contributed by atoms with Crippen LogP contribution >= 0.6 is 0 Å². The van der Waals surface area contributed by atoms with Crippen LogP contribution in [0.2, 0.25) is 0 Å². The van der Waals surface area contributed by atoms with Crippen LogP contribution < -0.4 is 10.2 Å². The normalized spacial score (nSPS) is 13.0. The van der Waals surface area contributed by atoms with Gasteiger partial charge in [0.1, 0.15) is 12.2 Å². The van der Waals surface area contributed by atoms with Gasteiger partial charge in [-0.2, -0.15) is 0 Å². The summed E-state index contributed by atoms with van der Waals surface area (Å²) in [6.45, 7) is 9.58. The van der Waals surface area contributed by atoms with Crippen LogP contribution in [0.15, 0.2) is 24.3 Å². The summed E-state index contributed by atoms with van der Waals surface area (Å²) in [5.41, 5.74) is 0. The molecule has 12 nitrogen and oxygen atoms in total. The molecule has 13 heteroatoms. The average Bonchev–Trinajstić information content (AvgIpc) is 3.20. The van der Waals surface area contributed by atoms with E-state index in [0.29, 0.717) is 12.8 Å². The van der Waals surface area contributed by atoms with Crippen molar-refractivity contribution in [3.63, 3.8) is 0 Å². The standard InChI is InChI=1S/2C24H42O6.Ba/c2*1-4-5-6-7-8-9-10-11-12-13-14-15-16-17-18-19-22(25)29-21(3)24(28)30-20(2)23(26)27;/h2*11-12,20-21H,4-10,13-19H2,1-3H3,(H,26,27);/q;;+2/p-2/b2*12-11+;. The smallest absolute Gasteiger partial charge is 0.546 e. The number of rotatable bonds is 38. The molecular weight excluding hydrogens is 906 g/mol. The third-order valence-electron chi connectivity index (χ3n) is 9.82. The Balaban J connectivity index is -0.00000109. The monoisotopic (exact) mass is 988 g/mol. The molecular formula is C48H82BaO12. The van der Waals surface area contributed by atoms with Crippen molar-refractivity contribution in [3.05, 3.63) is 24.3 Å². The summed E-state index contributed by atoms with van der Waals surface area (Å²) in [5, 5.41) is 21.1. The fourth-order valence-corrected chi connectivity index (χ4v) is 5.92. The van der Waals surface area contributed by atoms with Gasteiger partial charge in [0.05, 0.1) is 11.9 Å². The Labute approximate surface area is 409 Å². The second-order valence-corrected chi connectivity index (χ2v) is 15.7.